The van der Waals surface area contributed by atoms with Gasteiger partial charge in [0.15, 0.2) is 0 Å². The lowest BCUT2D eigenvalue weighted by molar-refractivity contribution is -0.138. The first kappa shape index (κ1) is 22.3. The summed E-state index contributed by atoms with van der Waals surface area (Å²) in [5, 5.41) is 3.09. The monoisotopic (exact) mass is 468 g/mol. The van der Waals surface area contributed by atoms with Gasteiger partial charge < -0.3 is 10.6 Å². The Hall–Kier alpha value is -2.40. The summed E-state index contributed by atoms with van der Waals surface area (Å²) in [5.74, 6) is -1.43. The number of thioether (sulfide) groups is 1. The normalized spacial score (nSPS) is 16.6. The number of hydrogen-bond donors (Lipinski definition) is 2. The number of fused-ring (bicyclic) bond motifs is 1. The average molecular weight is 469 g/mol. The van der Waals surface area contributed by atoms with Crippen molar-refractivity contribution in [2.75, 3.05) is 10.6 Å². The number of anilines is 2. The van der Waals surface area contributed by atoms with Crippen LogP contribution >= 0.6 is 23.4 Å². The molecule has 0 fully saturated rings. The van der Waals surface area contributed by atoms with Crippen LogP contribution in [0.2, 0.25) is 5.02 Å². The van der Waals surface area contributed by atoms with Crippen LogP contribution in [0.4, 0.5) is 37.7 Å². The second kappa shape index (κ2) is 8.03. The lowest BCUT2D eigenvalue weighted by Gasteiger charge is -2.24. The molecule has 0 aliphatic carbocycles. The molecular weight excluding hydrogens is 458 g/mol. The third-order valence-corrected chi connectivity index (χ3v) is 5.66. The number of carbonyl (C=O) groups excluding carboxylic acids is 2. The summed E-state index contributed by atoms with van der Waals surface area (Å²) in [4.78, 5) is 24.7. The Bertz CT molecular complexity index is 1010. The van der Waals surface area contributed by atoms with Gasteiger partial charge >= 0.3 is 12.4 Å². The van der Waals surface area contributed by atoms with Crippen LogP contribution in [-0.2, 0) is 21.9 Å². The minimum absolute atomic E-state index is 0.0241. The summed E-state index contributed by atoms with van der Waals surface area (Å²) in [6, 6.07) is 5.66. The molecule has 1 heterocycles. The van der Waals surface area contributed by atoms with Crippen LogP contribution in [0.5, 0.6) is 0 Å². The second-order valence-electron chi connectivity index (χ2n) is 6.25. The Balaban J connectivity index is 1.70. The van der Waals surface area contributed by atoms with Crippen molar-refractivity contribution in [1.82, 2.24) is 0 Å². The molecule has 160 valence electrons. The highest BCUT2D eigenvalue weighted by molar-refractivity contribution is 8.01. The number of halogens is 7. The smallest absolute Gasteiger partial charge is 0.326 e. The number of hydrogen-bond acceptors (Lipinski definition) is 3. The van der Waals surface area contributed by atoms with Gasteiger partial charge in [0.1, 0.15) is 0 Å². The lowest BCUT2D eigenvalue weighted by atomic mass is 10.1. The van der Waals surface area contributed by atoms with Crippen molar-refractivity contribution >= 4 is 46.6 Å². The van der Waals surface area contributed by atoms with Gasteiger partial charge in [-0.15, -0.1) is 11.8 Å². The van der Waals surface area contributed by atoms with E-state index < -0.39 is 52.0 Å². The SMILES string of the molecule is O=C(C[C@H]1Sc2ccc(C(F)(F)F)cc2NC1=O)Nc1ccc(Cl)c(C(F)(F)F)c1. The van der Waals surface area contributed by atoms with Gasteiger partial charge in [0.2, 0.25) is 11.8 Å². The molecule has 0 radical (unpaired) electrons. The van der Waals surface area contributed by atoms with Crippen molar-refractivity contribution in [3.8, 4) is 0 Å². The van der Waals surface area contributed by atoms with Crippen LogP contribution < -0.4 is 10.6 Å². The van der Waals surface area contributed by atoms with Crippen molar-refractivity contribution in [3.05, 3.63) is 52.5 Å². The Kier molecular flexibility index (Phi) is 5.96. The summed E-state index contributed by atoms with van der Waals surface area (Å²) >= 11 is 6.41. The molecule has 12 heteroatoms. The van der Waals surface area contributed by atoms with Gasteiger partial charge in [-0.1, -0.05) is 11.6 Å². The molecule has 0 spiro atoms. The van der Waals surface area contributed by atoms with E-state index in [0.717, 1.165) is 30.0 Å². The molecule has 4 nitrogen and oxygen atoms in total. The fourth-order valence-electron chi connectivity index (χ4n) is 2.66. The summed E-state index contributed by atoms with van der Waals surface area (Å²) < 4.78 is 77.1. The van der Waals surface area contributed by atoms with E-state index in [4.69, 9.17) is 11.6 Å². The minimum atomic E-state index is -4.71. The zero-order valence-corrected chi connectivity index (χ0v) is 16.2. The van der Waals surface area contributed by atoms with E-state index >= 15 is 0 Å². The van der Waals surface area contributed by atoms with Gasteiger partial charge in [0, 0.05) is 17.0 Å². The van der Waals surface area contributed by atoms with Gasteiger partial charge in [-0.05, 0) is 36.4 Å². The molecule has 2 amide bonds. The van der Waals surface area contributed by atoms with Crippen LogP contribution in [0.25, 0.3) is 0 Å². The Labute approximate surface area is 175 Å². The highest BCUT2D eigenvalue weighted by atomic mass is 35.5. The zero-order chi connectivity index (χ0) is 22.3. The third kappa shape index (κ3) is 5.01. The molecule has 1 atom stereocenters. The molecule has 2 aromatic carbocycles. The first-order valence-corrected chi connectivity index (χ1v) is 9.46. The molecule has 1 aliphatic rings. The first-order valence-electron chi connectivity index (χ1n) is 8.20. The van der Waals surface area contributed by atoms with Crippen molar-refractivity contribution in [3.63, 3.8) is 0 Å². The molecular formula is C18H11ClF6N2O2S. The van der Waals surface area contributed by atoms with Crippen LogP contribution in [0, 0.1) is 0 Å². The Morgan fingerprint density at radius 1 is 1.07 bits per heavy atom. The Morgan fingerprint density at radius 3 is 2.40 bits per heavy atom. The van der Waals surface area contributed by atoms with Crippen LogP contribution in [0.3, 0.4) is 0 Å². The highest BCUT2D eigenvalue weighted by Crippen LogP contribution is 2.41. The topological polar surface area (TPSA) is 58.2 Å². The molecule has 1 aliphatic heterocycles. The molecule has 0 saturated heterocycles. The van der Waals surface area contributed by atoms with Crippen LogP contribution in [0.15, 0.2) is 41.3 Å². The maximum Gasteiger partial charge on any atom is 0.417 e. The van der Waals surface area contributed by atoms with E-state index in [9.17, 15) is 35.9 Å². The van der Waals surface area contributed by atoms with Gasteiger partial charge in [-0.3, -0.25) is 9.59 Å². The standard InChI is InChI=1S/C18H11ClF6N2O2S/c19-11-3-2-9(6-10(11)18(23,24)25)26-15(28)7-14-16(29)27-12-5-8(17(20,21)22)1-4-13(12)30-14/h1-6,14H,7H2,(H,26,28)(H,27,29)/t14-/m1/s1. The van der Waals surface area contributed by atoms with Gasteiger partial charge in [0.05, 0.1) is 27.1 Å². The zero-order valence-electron chi connectivity index (χ0n) is 14.6. The van der Waals surface area contributed by atoms with E-state index in [1.807, 2.05) is 0 Å². The van der Waals surface area contributed by atoms with Gasteiger partial charge in [-0.25, -0.2) is 0 Å². The molecule has 3 rings (SSSR count). The van der Waals surface area contributed by atoms with Gasteiger partial charge in [0.25, 0.3) is 0 Å². The van der Waals surface area contributed by atoms with E-state index in [-0.39, 0.29) is 11.4 Å². The largest absolute Gasteiger partial charge is 0.417 e. The van der Waals surface area contributed by atoms with E-state index in [1.165, 1.54) is 12.1 Å². The molecule has 0 aromatic heterocycles. The fraction of sp³-hybridized carbons (Fsp3) is 0.222. The van der Waals surface area contributed by atoms with Crippen LogP contribution in [-0.4, -0.2) is 17.1 Å². The predicted molar refractivity (Wildman–Crippen MR) is 99.4 cm³/mol. The molecule has 30 heavy (non-hydrogen) atoms. The average Bonchev–Trinajstić information content (AvgIpc) is 2.61. The van der Waals surface area contributed by atoms with E-state index in [0.29, 0.717) is 11.0 Å². The summed E-state index contributed by atoms with van der Waals surface area (Å²) in [5.41, 5.74) is -2.24. The quantitative estimate of drug-likeness (QED) is 0.558. The van der Waals surface area contributed by atoms with Crippen LogP contribution in [0.1, 0.15) is 17.5 Å². The first-order chi connectivity index (χ1) is 13.8. The molecule has 0 bridgehead atoms. The molecule has 2 aromatic rings. The highest BCUT2D eigenvalue weighted by Gasteiger charge is 2.35. The number of alkyl halides is 6. The second-order valence-corrected chi connectivity index (χ2v) is 7.90. The minimum Gasteiger partial charge on any atom is -0.326 e. The summed E-state index contributed by atoms with van der Waals surface area (Å²) in [6.07, 6.45) is -9.69. The fourth-order valence-corrected chi connectivity index (χ4v) is 3.98. The molecule has 0 unspecified atom stereocenters. The lowest BCUT2D eigenvalue weighted by Crippen LogP contribution is -2.32. The Morgan fingerprint density at radius 2 is 1.77 bits per heavy atom. The number of benzene rings is 2. The molecule has 0 saturated carbocycles. The van der Waals surface area contributed by atoms with Crippen molar-refractivity contribution in [2.45, 2.75) is 28.9 Å². The number of nitrogens with one attached hydrogen (secondary N) is 2. The molecule has 2 N–H and O–H groups in total. The van der Waals surface area contributed by atoms with Gasteiger partial charge in [-0.2, -0.15) is 26.3 Å². The summed E-state index contributed by atoms with van der Waals surface area (Å²) in [7, 11) is 0. The number of amides is 2. The third-order valence-electron chi connectivity index (χ3n) is 4.05. The number of rotatable bonds is 3. The van der Waals surface area contributed by atoms with E-state index in [1.54, 1.807) is 0 Å². The summed E-state index contributed by atoms with van der Waals surface area (Å²) in [6.45, 7) is 0. The predicted octanol–water partition coefficient (Wildman–Crippen LogP) is 5.82. The maximum absolute atomic E-state index is 12.9. The van der Waals surface area contributed by atoms with Crippen molar-refractivity contribution in [2.24, 2.45) is 0 Å². The van der Waals surface area contributed by atoms with E-state index in [2.05, 4.69) is 10.6 Å². The number of carbonyl (C=O) groups is 2. The van der Waals surface area contributed by atoms with Crippen molar-refractivity contribution in [1.29, 1.82) is 0 Å². The maximum atomic E-state index is 12.9. The van der Waals surface area contributed by atoms with Crippen molar-refractivity contribution < 1.29 is 35.9 Å².